The Labute approximate surface area is 154 Å². The first-order chi connectivity index (χ1) is 13.2. The molecule has 0 saturated carbocycles. The number of hydrogen-bond donors (Lipinski definition) is 1. The second-order valence-electron chi connectivity index (χ2n) is 5.86. The van der Waals surface area contributed by atoms with Crippen molar-refractivity contribution in [2.24, 2.45) is 0 Å². The molecule has 1 atom stereocenters. The Hall–Kier alpha value is -3.62. The van der Waals surface area contributed by atoms with E-state index < -0.39 is 6.10 Å². The van der Waals surface area contributed by atoms with Crippen molar-refractivity contribution in [2.75, 3.05) is 6.79 Å². The molecule has 1 aliphatic heterocycles. The molecule has 138 valence electrons. The maximum absolute atomic E-state index is 12.3. The minimum Gasteiger partial charge on any atom is -0.481 e. The smallest absolute Gasteiger partial charge is 0.261 e. The number of nitrogens with zero attached hydrogens (tertiary/aromatic N) is 4. The van der Waals surface area contributed by atoms with Gasteiger partial charge >= 0.3 is 0 Å². The van der Waals surface area contributed by atoms with Gasteiger partial charge in [0.25, 0.3) is 5.91 Å². The molecule has 1 amide bonds. The van der Waals surface area contributed by atoms with E-state index in [4.69, 9.17) is 14.2 Å². The number of nitrogens with one attached hydrogen (secondary N) is 1. The molecule has 0 saturated heterocycles. The third kappa shape index (κ3) is 3.81. The normalized spacial score (nSPS) is 13.2. The zero-order valence-electron chi connectivity index (χ0n) is 14.5. The summed E-state index contributed by atoms with van der Waals surface area (Å²) < 4.78 is 17.8. The van der Waals surface area contributed by atoms with Crippen molar-refractivity contribution in [1.82, 2.24) is 25.3 Å². The van der Waals surface area contributed by atoms with Gasteiger partial charge in [-0.3, -0.25) is 9.78 Å². The predicted octanol–water partition coefficient (Wildman–Crippen LogP) is 1.47. The first-order valence-corrected chi connectivity index (χ1v) is 8.35. The highest BCUT2D eigenvalue weighted by atomic mass is 16.7. The fraction of sp³-hybridized carbons (Fsp3) is 0.222. The molecule has 3 heterocycles. The van der Waals surface area contributed by atoms with Crippen molar-refractivity contribution < 1.29 is 19.0 Å². The summed E-state index contributed by atoms with van der Waals surface area (Å²) in [5, 5.41) is 10.9. The van der Waals surface area contributed by atoms with Gasteiger partial charge in [-0.2, -0.15) is 0 Å². The Bertz CT molecular complexity index is 944. The average Bonchev–Trinajstić information content (AvgIpc) is 3.35. The Morgan fingerprint density at radius 2 is 2.22 bits per heavy atom. The summed E-state index contributed by atoms with van der Waals surface area (Å²) in [7, 11) is 0. The van der Waals surface area contributed by atoms with Gasteiger partial charge in [-0.1, -0.05) is 5.21 Å². The predicted molar refractivity (Wildman–Crippen MR) is 93.7 cm³/mol. The van der Waals surface area contributed by atoms with Crippen LogP contribution in [0.2, 0.25) is 0 Å². The van der Waals surface area contributed by atoms with Crippen molar-refractivity contribution in [3.8, 4) is 22.9 Å². The summed E-state index contributed by atoms with van der Waals surface area (Å²) in [6.45, 7) is 2.11. The Balaban J connectivity index is 1.32. The van der Waals surface area contributed by atoms with E-state index >= 15 is 0 Å². The Morgan fingerprint density at radius 1 is 1.33 bits per heavy atom. The SMILES string of the molecule is CC(Oc1ccc2c(c1)OCO2)C(=O)NCc1cn(-c2cccnc2)nn1. The fourth-order valence-corrected chi connectivity index (χ4v) is 2.52. The maximum Gasteiger partial charge on any atom is 0.261 e. The van der Waals surface area contributed by atoms with Crippen molar-refractivity contribution in [3.05, 3.63) is 54.6 Å². The zero-order chi connectivity index (χ0) is 18.6. The molecule has 9 heteroatoms. The molecule has 1 aliphatic rings. The highest BCUT2D eigenvalue weighted by Gasteiger charge is 2.18. The highest BCUT2D eigenvalue weighted by molar-refractivity contribution is 5.80. The van der Waals surface area contributed by atoms with E-state index in [0.29, 0.717) is 22.9 Å². The van der Waals surface area contributed by atoms with Crippen LogP contribution in [0.5, 0.6) is 17.2 Å². The number of ether oxygens (including phenoxy) is 3. The number of rotatable bonds is 6. The molecule has 9 nitrogen and oxygen atoms in total. The van der Waals surface area contributed by atoms with Gasteiger partial charge in [0, 0.05) is 12.3 Å². The summed E-state index contributed by atoms with van der Waals surface area (Å²) in [6, 6.07) is 8.86. The van der Waals surface area contributed by atoms with E-state index in [1.807, 2.05) is 12.1 Å². The molecule has 0 spiro atoms. The number of benzene rings is 1. The standard InChI is InChI=1S/C18H17N5O4/c1-12(27-15-4-5-16-17(7-15)26-11-25-16)18(24)20-8-13-10-23(22-21-13)14-3-2-6-19-9-14/h2-7,9-10,12H,8,11H2,1H3,(H,20,24). The topological polar surface area (TPSA) is 100 Å². The number of amides is 1. The van der Waals surface area contributed by atoms with Gasteiger partial charge in [-0.15, -0.1) is 5.10 Å². The van der Waals surface area contributed by atoms with Gasteiger partial charge in [0.2, 0.25) is 6.79 Å². The number of aromatic nitrogens is 4. The van der Waals surface area contributed by atoms with E-state index in [0.717, 1.165) is 5.69 Å². The van der Waals surface area contributed by atoms with Crippen LogP contribution in [0.1, 0.15) is 12.6 Å². The molecular weight excluding hydrogens is 350 g/mol. The van der Waals surface area contributed by atoms with Crippen LogP contribution < -0.4 is 19.5 Å². The number of fused-ring (bicyclic) bond motifs is 1. The van der Waals surface area contributed by atoms with E-state index in [1.54, 1.807) is 48.4 Å². The number of hydrogen-bond acceptors (Lipinski definition) is 7. The molecule has 1 unspecified atom stereocenters. The quantitative estimate of drug-likeness (QED) is 0.704. The molecule has 4 rings (SSSR count). The van der Waals surface area contributed by atoms with Crippen molar-refractivity contribution in [1.29, 1.82) is 0 Å². The van der Waals surface area contributed by atoms with Gasteiger partial charge in [-0.05, 0) is 31.2 Å². The highest BCUT2D eigenvalue weighted by Crippen LogP contribution is 2.35. The molecule has 27 heavy (non-hydrogen) atoms. The lowest BCUT2D eigenvalue weighted by molar-refractivity contribution is -0.127. The second-order valence-corrected chi connectivity index (χ2v) is 5.86. The first-order valence-electron chi connectivity index (χ1n) is 8.35. The summed E-state index contributed by atoms with van der Waals surface area (Å²) in [5.74, 6) is 1.54. The molecule has 3 aromatic rings. The van der Waals surface area contributed by atoms with Crippen LogP contribution in [0.15, 0.2) is 48.9 Å². The lowest BCUT2D eigenvalue weighted by Gasteiger charge is -2.14. The fourth-order valence-electron chi connectivity index (χ4n) is 2.52. The molecule has 1 aromatic carbocycles. The van der Waals surface area contributed by atoms with Gasteiger partial charge in [0.05, 0.1) is 24.6 Å². The number of carbonyl (C=O) groups is 1. The lowest BCUT2D eigenvalue weighted by atomic mass is 10.3. The monoisotopic (exact) mass is 367 g/mol. The number of pyridine rings is 1. The summed E-state index contributed by atoms with van der Waals surface area (Å²) >= 11 is 0. The van der Waals surface area contributed by atoms with Crippen LogP contribution in [-0.2, 0) is 11.3 Å². The van der Waals surface area contributed by atoms with Gasteiger partial charge < -0.3 is 19.5 Å². The molecule has 2 aromatic heterocycles. The van der Waals surface area contributed by atoms with Crippen LogP contribution in [0.4, 0.5) is 0 Å². The largest absolute Gasteiger partial charge is 0.481 e. The Kier molecular flexibility index (Phi) is 4.56. The van der Waals surface area contributed by atoms with E-state index in [2.05, 4.69) is 20.6 Å². The van der Waals surface area contributed by atoms with Crippen LogP contribution >= 0.6 is 0 Å². The minimum atomic E-state index is -0.682. The van der Waals surface area contributed by atoms with Crippen molar-refractivity contribution in [2.45, 2.75) is 19.6 Å². The van der Waals surface area contributed by atoms with Crippen LogP contribution in [0.25, 0.3) is 5.69 Å². The van der Waals surface area contributed by atoms with Crippen LogP contribution in [0.3, 0.4) is 0 Å². The maximum atomic E-state index is 12.3. The van der Waals surface area contributed by atoms with Crippen LogP contribution in [-0.4, -0.2) is 38.8 Å². The third-order valence-electron chi connectivity index (χ3n) is 3.92. The number of carbonyl (C=O) groups excluding carboxylic acids is 1. The molecular formula is C18H17N5O4. The van der Waals surface area contributed by atoms with Crippen molar-refractivity contribution in [3.63, 3.8) is 0 Å². The molecule has 1 N–H and O–H groups in total. The lowest BCUT2D eigenvalue weighted by Crippen LogP contribution is -2.36. The summed E-state index contributed by atoms with van der Waals surface area (Å²) in [4.78, 5) is 16.3. The van der Waals surface area contributed by atoms with E-state index in [9.17, 15) is 4.79 Å². The summed E-state index contributed by atoms with van der Waals surface area (Å²) in [6.07, 6.45) is 4.42. The molecule has 0 aliphatic carbocycles. The molecule has 0 radical (unpaired) electrons. The van der Waals surface area contributed by atoms with Gasteiger partial charge in [0.1, 0.15) is 11.4 Å². The minimum absolute atomic E-state index is 0.189. The average molecular weight is 367 g/mol. The van der Waals surface area contributed by atoms with Crippen LogP contribution in [0, 0.1) is 0 Å². The van der Waals surface area contributed by atoms with E-state index in [1.165, 1.54) is 0 Å². The second kappa shape index (κ2) is 7.32. The molecule has 0 fully saturated rings. The van der Waals surface area contributed by atoms with Gasteiger partial charge in [-0.25, -0.2) is 4.68 Å². The van der Waals surface area contributed by atoms with Gasteiger partial charge in [0.15, 0.2) is 17.6 Å². The van der Waals surface area contributed by atoms with E-state index in [-0.39, 0.29) is 19.2 Å². The zero-order valence-corrected chi connectivity index (χ0v) is 14.5. The summed E-state index contributed by atoms with van der Waals surface area (Å²) in [5.41, 5.74) is 1.42. The Morgan fingerprint density at radius 3 is 3.07 bits per heavy atom. The molecule has 0 bridgehead atoms. The van der Waals surface area contributed by atoms with Crippen molar-refractivity contribution >= 4 is 5.91 Å². The first kappa shape index (κ1) is 16.8. The third-order valence-corrected chi connectivity index (χ3v) is 3.92.